The van der Waals surface area contributed by atoms with Crippen molar-refractivity contribution in [2.24, 2.45) is 5.92 Å². The lowest BCUT2D eigenvalue weighted by Gasteiger charge is -2.32. The normalized spacial score (nSPS) is 18.9. The molecule has 1 saturated heterocycles. The van der Waals surface area contributed by atoms with Crippen molar-refractivity contribution in [2.45, 2.75) is 33.2 Å². The third-order valence-corrected chi connectivity index (χ3v) is 3.58. The number of carbonyl (C=O) groups is 1. The molecule has 4 heteroatoms. The number of amides is 1. The molecule has 0 radical (unpaired) electrons. The monoisotopic (exact) mass is 290 g/mol. The van der Waals surface area contributed by atoms with Gasteiger partial charge in [-0.1, -0.05) is 26.0 Å². The van der Waals surface area contributed by atoms with Crippen LogP contribution in [0.2, 0.25) is 0 Å². The maximum Gasteiger partial charge on any atom is 0.227 e. The average Bonchev–Trinajstić information content (AvgIpc) is 2.46. The molecule has 0 saturated carbocycles. The minimum Gasteiger partial charge on any atom is -0.493 e. The number of hydrogen-bond donors (Lipinski definition) is 1. The summed E-state index contributed by atoms with van der Waals surface area (Å²) in [7, 11) is 0. The van der Waals surface area contributed by atoms with E-state index in [0.29, 0.717) is 18.4 Å². The standard InChI is InChI=1S/C17H26N2O2/c1-13(2)12-21-16-6-4-15(5-7-16)10-17(20)19-9-8-18-14(3)11-19/h4-7,13-14,18H,8-12H2,1-3H3. The zero-order valence-corrected chi connectivity index (χ0v) is 13.3. The van der Waals surface area contributed by atoms with E-state index >= 15 is 0 Å². The fraction of sp³-hybridized carbons (Fsp3) is 0.588. The fourth-order valence-corrected chi connectivity index (χ4v) is 2.41. The van der Waals surface area contributed by atoms with E-state index in [2.05, 4.69) is 26.1 Å². The molecule has 0 aromatic heterocycles. The third-order valence-electron chi connectivity index (χ3n) is 3.58. The van der Waals surface area contributed by atoms with Crippen LogP contribution in [0.25, 0.3) is 0 Å². The lowest BCUT2D eigenvalue weighted by Crippen LogP contribution is -2.51. The molecule has 0 aliphatic carbocycles. The zero-order valence-electron chi connectivity index (χ0n) is 13.3. The Kier molecular flexibility index (Phi) is 5.62. The largest absolute Gasteiger partial charge is 0.493 e. The van der Waals surface area contributed by atoms with Crippen LogP contribution in [0.1, 0.15) is 26.3 Å². The number of carbonyl (C=O) groups excluding carboxylic acids is 1. The summed E-state index contributed by atoms with van der Waals surface area (Å²) in [6.07, 6.45) is 0.469. The van der Waals surface area contributed by atoms with Crippen LogP contribution in [0.15, 0.2) is 24.3 Å². The number of nitrogens with one attached hydrogen (secondary N) is 1. The van der Waals surface area contributed by atoms with Gasteiger partial charge in [-0.3, -0.25) is 4.79 Å². The number of ether oxygens (including phenoxy) is 1. The van der Waals surface area contributed by atoms with Crippen molar-refractivity contribution in [3.8, 4) is 5.75 Å². The quantitative estimate of drug-likeness (QED) is 0.903. The number of piperazine rings is 1. The van der Waals surface area contributed by atoms with Gasteiger partial charge in [0.2, 0.25) is 5.91 Å². The lowest BCUT2D eigenvalue weighted by atomic mass is 10.1. The molecule has 21 heavy (non-hydrogen) atoms. The Morgan fingerprint density at radius 2 is 2.10 bits per heavy atom. The molecule has 0 spiro atoms. The molecule has 1 unspecified atom stereocenters. The van der Waals surface area contributed by atoms with Crippen LogP contribution in [0, 0.1) is 5.92 Å². The van der Waals surface area contributed by atoms with Gasteiger partial charge in [0, 0.05) is 25.7 Å². The van der Waals surface area contributed by atoms with E-state index in [1.165, 1.54) is 0 Å². The van der Waals surface area contributed by atoms with Crippen molar-refractivity contribution >= 4 is 5.91 Å². The average molecular weight is 290 g/mol. The highest BCUT2D eigenvalue weighted by Gasteiger charge is 2.20. The van der Waals surface area contributed by atoms with Crippen molar-refractivity contribution in [1.82, 2.24) is 10.2 Å². The maximum absolute atomic E-state index is 12.3. The first-order chi connectivity index (χ1) is 10.0. The lowest BCUT2D eigenvalue weighted by molar-refractivity contribution is -0.131. The van der Waals surface area contributed by atoms with Crippen LogP contribution in [-0.2, 0) is 11.2 Å². The summed E-state index contributed by atoms with van der Waals surface area (Å²) in [6.45, 7) is 9.57. The Labute approximate surface area is 127 Å². The second kappa shape index (κ2) is 7.46. The van der Waals surface area contributed by atoms with Gasteiger partial charge in [0.05, 0.1) is 13.0 Å². The van der Waals surface area contributed by atoms with Crippen molar-refractivity contribution in [1.29, 1.82) is 0 Å². The van der Waals surface area contributed by atoms with E-state index in [1.54, 1.807) is 0 Å². The van der Waals surface area contributed by atoms with E-state index in [9.17, 15) is 4.79 Å². The molecule has 1 fully saturated rings. The number of hydrogen-bond acceptors (Lipinski definition) is 3. The highest BCUT2D eigenvalue weighted by molar-refractivity contribution is 5.79. The first-order valence-electron chi connectivity index (χ1n) is 7.77. The second-order valence-corrected chi connectivity index (χ2v) is 6.22. The first kappa shape index (κ1) is 15.8. The SMILES string of the molecule is CC(C)COc1ccc(CC(=O)N2CCNC(C)C2)cc1. The number of nitrogens with zero attached hydrogens (tertiary/aromatic N) is 1. The predicted molar refractivity (Wildman–Crippen MR) is 84.5 cm³/mol. The topological polar surface area (TPSA) is 41.6 Å². The number of rotatable bonds is 5. The van der Waals surface area contributed by atoms with Crippen molar-refractivity contribution in [3.63, 3.8) is 0 Å². The Bertz CT molecular complexity index is 456. The molecular formula is C17H26N2O2. The minimum atomic E-state index is 0.208. The molecule has 1 aliphatic rings. The Morgan fingerprint density at radius 3 is 2.71 bits per heavy atom. The Balaban J connectivity index is 1.86. The smallest absolute Gasteiger partial charge is 0.227 e. The molecule has 4 nitrogen and oxygen atoms in total. The van der Waals surface area contributed by atoms with Crippen LogP contribution >= 0.6 is 0 Å². The van der Waals surface area contributed by atoms with Gasteiger partial charge in [0.1, 0.15) is 5.75 Å². The van der Waals surface area contributed by atoms with Crippen LogP contribution in [-0.4, -0.2) is 43.1 Å². The van der Waals surface area contributed by atoms with Gasteiger partial charge in [0.25, 0.3) is 0 Å². The summed E-state index contributed by atoms with van der Waals surface area (Å²) in [5, 5.41) is 3.35. The molecule has 1 N–H and O–H groups in total. The molecule has 1 aliphatic heterocycles. The van der Waals surface area contributed by atoms with Gasteiger partial charge >= 0.3 is 0 Å². The van der Waals surface area contributed by atoms with Gasteiger partial charge in [-0.25, -0.2) is 0 Å². The molecule has 116 valence electrons. The molecule has 2 rings (SSSR count). The molecule has 1 aromatic carbocycles. The van der Waals surface area contributed by atoms with Crippen molar-refractivity contribution in [2.75, 3.05) is 26.2 Å². The molecule has 1 amide bonds. The van der Waals surface area contributed by atoms with E-state index < -0.39 is 0 Å². The number of benzene rings is 1. The van der Waals surface area contributed by atoms with Gasteiger partial charge in [-0.15, -0.1) is 0 Å². The van der Waals surface area contributed by atoms with E-state index in [-0.39, 0.29) is 5.91 Å². The maximum atomic E-state index is 12.3. The van der Waals surface area contributed by atoms with E-state index in [1.807, 2.05) is 29.2 Å². The van der Waals surface area contributed by atoms with Gasteiger partial charge in [-0.05, 0) is 30.5 Å². The summed E-state index contributed by atoms with van der Waals surface area (Å²) in [6, 6.07) is 8.25. The van der Waals surface area contributed by atoms with Crippen LogP contribution in [0.5, 0.6) is 5.75 Å². The Hall–Kier alpha value is -1.55. The predicted octanol–water partition coefficient (Wildman–Crippen LogP) is 2.08. The highest BCUT2D eigenvalue weighted by atomic mass is 16.5. The van der Waals surface area contributed by atoms with Crippen LogP contribution < -0.4 is 10.1 Å². The van der Waals surface area contributed by atoms with E-state index in [4.69, 9.17) is 4.74 Å². The van der Waals surface area contributed by atoms with Crippen LogP contribution in [0.3, 0.4) is 0 Å². The summed E-state index contributed by atoms with van der Waals surface area (Å²) >= 11 is 0. The van der Waals surface area contributed by atoms with Crippen molar-refractivity contribution in [3.05, 3.63) is 29.8 Å². The van der Waals surface area contributed by atoms with Gasteiger partial charge in [-0.2, -0.15) is 0 Å². The fourth-order valence-electron chi connectivity index (χ4n) is 2.41. The zero-order chi connectivity index (χ0) is 15.2. The molecule has 1 atom stereocenters. The van der Waals surface area contributed by atoms with Crippen LogP contribution in [0.4, 0.5) is 0 Å². The highest BCUT2D eigenvalue weighted by Crippen LogP contribution is 2.14. The third kappa shape index (κ3) is 5.05. The summed E-state index contributed by atoms with van der Waals surface area (Å²) < 4.78 is 5.65. The molecule has 0 bridgehead atoms. The van der Waals surface area contributed by atoms with Crippen molar-refractivity contribution < 1.29 is 9.53 Å². The minimum absolute atomic E-state index is 0.208. The molecule has 1 aromatic rings. The van der Waals surface area contributed by atoms with E-state index in [0.717, 1.165) is 37.6 Å². The summed E-state index contributed by atoms with van der Waals surface area (Å²) in [4.78, 5) is 14.2. The Morgan fingerprint density at radius 1 is 1.38 bits per heavy atom. The molecular weight excluding hydrogens is 264 g/mol. The van der Waals surface area contributed by atoms with Gasteiger partial charge < -0.3 is 15.0 Å². The first-order valence-corrected chi connectivity index (χ1v) is 7.77. The molecule has 1 heterocycles. The summed E-state index contributed by atoms with van der Waals surface area (Å²) in [5.74, 6) is 1.59. The summed E-state index contributed by atoms with van der Waals surface area (Å²) in [5.41, 5.74) is 1.04. The second-order valence-electron chi connectivity index (χ2n) is 6.22. The van der Waals surface area contributed by atoms with Gasteiger partial charge in [0.15, 0.2) is 0 Å².